The Bertz CT molecular complexity index is 706. The van der Waals surface area contributed by atoms with E-state index in [1.165, 1.54) is 19.2 Å². The minimum absolute atomic E-state index is 0.0751. The molecule has 2 aliphatic heterocycles. The van der Waals surface area contributed by atoms with Crippen molar-refractivity contribution in [3.8, 4) is 5.69 Å². The Morgan fingerprint density at radius 1 is 1.32 bits per heavy atom. The Balaban J connectivity index is 1.36. The number of nitrogens with one attached hydrogen (secondary N) is 1. The third-order valence-corrected chi connectivity index (χ3v) is 5.00. The van der Waals surface area contributed by atoms with E-state index in [0.29, 0.717) is 11.7 Å². The number of hydrogen-bond acceptors (Lipinski definition) is 5. The zero-order valence-corrected chi connectivity index (χ0v) is 14.2. The molecule has 25 heavy (non-hydrogen) atoms. The van der Waals surface area contributed by atoms with Crippen molar-refractivity contribution in [1.29, 1.82) is 0 Å². The van der Waals surface area contributed by atoms with Crippen LogP contribution >= 0.6 is 0 Å². The van der Waals surface area contributed by atoms with Crippen molar-refractivity contribution < 1.29 is 14.4 Å². The highest BCUT2D eigenvalue weighted by atomic mass is 16.5. The predicted octanol–water partition coefficient (Wildman–Crippen LogP) is -0.818. The van der Waals surface area contributed by atoms with E-state index in [9.17, 15) is 4.79 Å². The largest absolute Gasteiger partial charge is 0.372 e. The number of rotatable bonds is 4. The van der Waals surface area contributed by atoms with Crippen LogP contribution in [0.4, 0.5) is 0 Å². The van der Waals surface area contributed by atoms with Crippen LogP contribution in [0.1, 0.15) is 23.2 Å². The first-order chi connectivity index (χ1) is 12.3. The highest BCUT2D eigenvalue weighted by Gasteiger charge is 2.28. The lowest BCUT2D eigenvalue weighted by Gasteiger charge is -2.33. The van der Waals surface area contributed by atoms with Gasteiger partial charge >= 0.3 is 0 Å². The van der Waals surface area contributed by atoms with Gasteiger partial charge in [0, 0.05) is 12.2 Å². The van der Waals surface area contributed by atoms with Crippen LogP contribution in [-0.4, -0.2) is 76.4 Å². The molecule has 0 bridgehead atoms. The van der Waals surface area contributed by atoms with Crippen molar-refractivity contribution in [2.24, 2.45) is 0 Å². The number of tetrazole rings is 1. The van der Waals surface area contributed by atoms with E-state index in [0.717, 1.165) is 45.0 Å². The molecule has 4 rings (SSSR count). The lowest BCUT2D eigenvalue weighted by molar-refractivity contribution is -0.906. The molecule has 1 amide bonds. The molecule has 0 aliphatic carbocycles. The summed E-state index contributed by atoms with van der Waals surface area (Å²) in [5.41, 5.74) is 1.47. The predicted molar refractivity (Wildman–Crippen MR) is 89.6 cm³/mol. The van der Waals surface area contributed by atoms with E-state index in [1.54, 1.807) is 9.58 Å². The molecule has 1 atom stereocenters. The molecule has 1 aromatic heterocycles. The number of amides is 1. The minimum atomic E-state index is 0.0751. The number of hydrogen-bond donors (Lipinski definition) is 1. The molecule has 1 aromatic carbocycles. The Morgan fingerprint density at radius 2 is 2.20 bits per heavy atom. The normalized spacial score (nSPS) is 21.6. The van der Waals surface area contributed by atoms with Crippen LogP contribution in [0.2, 0.25) is 0 Å². The van der Waals surface area contributed by atoms with Crippen molar-refractivity contribution in [2.75, 3.05) is 39.3 Å². The monoisotopic (exact) mass is 343 g/mol. The fraction of sp³-hybridized carbons (Fsp3) is 0.529. The van der Waals surface area contributed by atoms with Gasteiger partial charge in [0.1, 0.15) is 19.0 Å². The lowest BCUT2D eigenvalue weighted by atomic mass is 10.1. The van der Waals surface area contributed by atoms with Gasteiger partial charge in [-0.05, 0) is 41.5 Å². The molecule has 0 spiro atoms. The number of carbonyl (C=O) groups is 1. The maximum absolute atomic E-state index is 12.8. The summed E-state index contributed by atoms with van der Waals surface area (Å²) in [6.45, 7) is 5.51. The van der Waals surface area contributed by atoms with E-state index in [4.69, 9.17) is 4.74 Å². The fourth-order valence-electron chi connectivity index (χ4n) is 3.60. The molecule has 0 radical (unpaired) electrons. The highest BCUT2D eigenvalue weighted by molar-refractivity contribution is 5.94. The first-order valence-electron chi connectivity index (χ1n) is 8.87. The van der Waals surface area contributed by atoms with E-state index >= 15 is 0 Å². The molecule has 8 heteroatoms. The molecule has 132 valence electrons. The van der Waals surface area contributed by atoms with Crippen LogP contribution in [0, 0.1) is 0 Å². The second-order valence-corrected chi connectivity index (χ2v) is 6.69. The molecule has 0 unspecified atom stereocenters. The van der Waals surface area contributed by atoms with Crippen LogP contribution in [-0.2, 0) is 4.74 Å². The summed E-state index contributed by atoms with van der Waals surface area (Å²) >= 11 is 0. The summed E-state index contributed by atoms with van der Waals surface area (Å²) in [7, 11) is 0. The number of aromatic nitrogens is 4. The number of ether oxygens (including phenoxy) is 1. The van der Waals surface area contributed by atoms with Gasteiger partial charge in [0.25, 0.3) is 5.91 Å². The zero-order chi connectivity index (χ0) is 17.1. The molecule has 2 aromatic rings. The Morgan fingerprint density at radius 3 is 2.92 bits per heavy atom. The fourth-order valence-corrected chi connectivity index (χ4v) is 3.60. The quantitative estimate of drug-likeness (QED) is 0.785. The Labute approximate surface area is 146 Å². The third kappa shape index (κ3) is 3.69. The first kappa shape index (κ1) is 16.2. The number of carbonyl (C=O) groups excluding carboxylic acids is 1. The molecular weight excluding hydrogens is 320 g/mol. The van der Waals surface area contributed by atoms with Gasteiger partial charge in [-0.25, -0.2) is 4.68 Å². The van der Waals surface area contributed by atoms with Crippen LogP contribution in [0.5, 0.6) is 0 Å². The number of quaternary nitrogens is 1. The van der Waals surface area contributed by atoms with Crippen molar-refractivity contribution in [1.82, 2.24) is 25.1 Å². The van der Waals surface area contributed by atoms with Crippen molar-refractivity contribution in [2.45, 2.75) is 18.9 Å². The van der Waals surface area contributed by atoms with Gasteiger partial charge in [-0.2, -0.15) is 0 Å². The summed E-state index contributed by atoms with van der Waals surface area (Å²) in [4.78, 5) is 16.3. The smallest absolute Gasteiger partial charge is 0.254 e. The van der Waals surface area contributed by atoms with Gasteiger partial charge < -0.3 is 14.5 Å². The number of nitrogens with zero attached hydrogens (tertiary/aromatic N) is 5. The standard InChI is InChI=1S/C17H22N6O2/c24-17(14-3-1-4-15(11-14)23-13-18-19-20-23)22-8-6-21(7-9-22)12-16-5-2-10-25-16/h1,3-4,11,13,16H,2,5-10,12H2/p+1/t16-/m0/s1. The number of benzene rings is 1. The third-order valence-electron chi connectivity index (χ3n) is 5.00. The van der Waals surface area contributed by atoms with Gasteiger partial charge in [0.2, 0.25) is 0 Å². The van der Waals surface area contributed by atoms with Crippen LogP contribution in [0.3, 0.4) is 0 Å². The van der Waals surface area contributed by atoms with E-state index < -0.39 is 0 Å². The summed E-state index contributed by atoms with van der Waals surface area (Å²) in [5.74, 6) is 0.0751. The molecule has 2 saturated heterocycles. The molecule has 2 aliphatic rings. The van der Waals surface area contributed by atoms with Crippen molar-refractivity contribution in [3.05, 3.63) is 36.2 Å². The van der Waals surface area contributed by atoms with Crippen LogP contribution in [0.25, 0.3) is 5.69 Å². The molecule has 8 nitrogen and oxygen atoms in total. The van der Waals surface area contributed by atoms with Gasteiger partial charge in [-0.15, -0.1) is 5.10 Å². The maximum atomic E-state index is 12.8. The lowest BCUT2D eigenvalue weighted by Crippen LogP contribution is -3.15. The van der Waals surface area contributed by atoms with E-state index in [-0.39, 0.29) is 5.91 Å². The summed E-state index contributed by atoms with van der Waals surface area (Å²) in [5, 5.41) is 11.1. The number of piperazine rings is 1. The van der Waals surface area contributed by atoms with E-state index in [2.05, 4.69) is 15.5 Å². The molecule has 0 saturated carbocycles. The molecule has 3 heterocycles. The highest BCUT2D eigenvalue weighted by Crippen LogP contribution is 2.12. The topological polar surface area (TPSA) is 77.6 Å². The van der Waals surface area contributed by atoms with Crippen LogP contribution < -0.4 is 4.90 Å². The molecule has 2 fully saturated rings. The minimum Gasteiger partial charge on any atom is -0.372 e. The van der Waals surface area contributed by atoms with Crippen LogP contribution in [0.15, 0.2) is 30.6 Å². The Hall–Kier alpha value is -2.32. The van der Waals surface area contributed by atoms with Gasteiger partial charge in [-0.3, -0.25) is 4.79 Å². The second kappa shape index (κ2) is 7.28. The molecule has 1 N–H and O–H groups in total. The van der Waals surface area contributed by atoms with Gasteiger partial charge in [-0.1, -0.05) is 6.07 Å². The summed E-state index contributed by atoms with van der Waals surface area (Å²) in [6.07, 6.45) is 4.29. The SMILES string of the molecule is O=C(c1cccc(-n2cnnn2)c1)N1CC[NH+](C[C@@H]2CCCO2)CC1. The summed E-state index contributed by atoms with van der Waals surface area (Å²) < 4.78 is 7.28. The average molecular weight is 343 g/mol. The summed E-state index contributed by atoms with van der Waals surface area (Å²) in [6, 6.07) is 7.44. The first-order valence-corrected chi connectivity index (χ1v) is 8.87. The van der Waals surface area contributed by atoms with E-state index in [1.807, 2.05) is 29.2 Å². The zero-order valence-electron chi connectivity index (χ0n) is 14.2. The Kier molecular flexibility index (Phi) is 4.71. The second-order valence-electron chi connectivity index (χ2n) is 6.69. The molecular formula is C17H23N6O2+. The average Bonchev–Trinajstić information content (AvgIpc) is 3.36. The van der Waals surface area contributed by atoms with Gasteiger partial charge in [0.15, 0.2) is 0 Å². The van der Waals surface area contributed by atoms with Gasteiger partial charge in [0.05, 0.1) is 31.9 Å². The van der Waals surface area contributed by atoms with Crippen molar-refractivity contribution in [3.63, 3.8) is 0 Å². The maximum Gasteiger partial charge on any atom is 0.254 e. The van der Waals surface area contributed by atoms with Crippen molar-refractivity contribution >= 4 is 5.91 Å².